The molecule has 0 bridgehead atoms. The number of hydrogen-bond donors (Lipinski definition) is 1. The molecule has 0 aliphatic rings. The number of para-hydroxylation sites is 1. The van der Waals surface area contributed by atoms with Gasteiger partial charge >= 0.3 is 0 Å². The van der Waals surface area contributed by atoms with Crippen molar-refractivity contribution in [2.24, 2.45) is 0 Å². The highest BCUT2D eigenvalue weighted by molar-refractivity contribution is 9.10. The third-order valence-electron chi connectivity index (χ3n) is 2.51. The molecule has 1 aromatic heterocycles. The summed E-state index contributed by atoms with van der Waals surface area (Å²) in [4.78, 5) is 4.38. The fraction of sp³-hybridized carbons (Fsp3) is 0.214. The number of anilines is 2. The van der Waals surface area contributed by atoms with Crippen molar-refractivity contribution in [3.05, 3.63) is 52.6 Å². The fourth-order valence-corrected chi connectivity index (χ4v) is 2.09. The molecule has 2 nitrogen and oxygen atoms in total. The van der Waals surface area contributed by atoms with Gasteiger partial charge in [-0.15, -0.1) is 0 Å². The lowest BCUT2D eigenvalue weighted by Crippen LogP contribution is -1.97. The molecule has 1 N–H and O–H groups in total. The average Bonchev–Trinajstić information content (AvgIpc) is 2.32. The molecule has 0 spiro atoms. The van der Waals surface area contributed by atoms with Crippen LogP contribution in [0.3, 0.4) is 0 Å². The lowest BCUT2D eigenvalue weighted by molar-refractivity contribution is 0.923. The maximum atomic E-state index is 4.38. The van der Waals surface area contributed by atoms with Crippen LogP contribution in [0, 0.1) is 0 Å². The fourth-order valence-electron chi connectivity index (χ4n) is 1.75. The first-order valence-corrected chi connectivity index (χ1v) is 6.56. The van der Waals surface area contributed by atoms with Gasteiger partial charge in [0.25, 0.3) is 0 Å². The highest BCUT2D eigenvalue weighted by atomic mass is 79.9. The Kier molecular flexibility index (Phi) is 4.15. The van der Waals surface area contributed by atoms with Gasteiger partial charge in [-0.2, -0.15) is 0 Å². The third kappa shape index (κ3) is 3.30. The zero-order chi connectivity index (χ0) is 12.1. The Morgan fingerprint density at radius 2 is 1.94 bits per heavy atom. The molecule has 88 valence electrons. The van der Waals surface area contributed by atoms with Crippen LogP contribution in [0.5, 0.6) is 0 Å². The summed E-state index contributed by atoms with van der Waals surface area (Å²) in [7, 11) is 0. The van der Waals surface area contributed by atoms with Gasteiger partial charge in [0.1, 0.15) is 10.4 Å². The number of nitrogens with zero attached hydrogens (tertiary/aromatic N) is 1. The summed E-state index contributed by atoms with van der Waals surface area (Å²) in [5, 5.41) is 3.36. The Balaban J connectivity index is 2.23. The SMILES string of the molecule is CCCc1ccccc1Nc1cccc(Br)n1. The quantitative estimate of drug-likeness (QED) is 0.836. The van der Waals surface area contributed by atoms with Gasteiger partial charge in [-0.05, 0) is 46.1 Å². The minimum absolute atomic E-state index is 0.843. The van der Waals surface area contributed by atoms with E-state index in [1.54, 1.807) is 0 Å². The van der Waals surface area contributed by atoms with Crippen LogP contribution in [0.2, 0.25) is 0 Å². The van der Waals surface area contributed by atoms with Crippen molar-refractivity contribution in [1.82, 2.24) is 4.98 Å². The second-order valence-electron chi connectivity index (χ2n) is 3.88. The summed E-state index contributed by atoms with van der Waals surface area (Å²) in [6, 6.07) is 14.2. The monoisotopic (exact) mass is 290 g/mol. The second-order valence-corrected chi connectivity index (χ2v) is 4.69. The van der Waals surface area contributed by atoms with Crippen LogP contribution in [0.1, 0.15) is 18.9 Å². The van der Waals surface area contributed by atoms with Crippen molar-refractivity contribution in [1.29, 1.82) is 0 Å². The summed E-state index contributed by atoms with van der Waals surface area (Å²) in [6.45, 7) is 2.19. The Bertz CT molecular complexity index is 497. The molecule has 0 unspecified atom stereocenters. The van der Waals surface area contributed by atoms with Gasteiger partial charge in [0.15, 0.2) is 0 Å². The minimum atomic E-state index is 0.843. The van der Waals surface area contributed by atoms with Gasteiger partial charge in [-0.3, -0.25) is 0 Å². The Hall–Kier alpha value is -1.35. The number of pyridine rings is 1. The normalized spacial score (nSPS) is 10.2. The van der Waals surface area contributed by atoms with E-state index in [-0.39, 0.29) is 0 Å². The molecule has 17 heavy (non-hydrogen) atoms. The van der Waals surface area contributed by atoms with Gasteiger partial charge < -0.3 is 5.32 Å². The molecule has 0 atom stereocenters. The summed E-state index contributed by atoms with van der Waals surface area (Å²) < 4.78 is 0.843. The zero-order valence-corrected chi connectivity index (χ0v) is 11.4. The number of nitrogens with one attached hydrogen (secondary N) is 1. The molecule has 3 heteroatoms. The molecule has 2 rings (SSSR count). The Labute approximate surface area is 110 Å². The van der Waals surface area contributed by atoms with E-state index in [0.29, 0.717) is 0 Å². The van der Waals surface area contributed by atoms with Gasteiger partial charge in [-0.25, -0.2) is 4.98 Å². The van der Waals surface area contributed by atoms with Crippen LogP contribution < -0.4 is 5.32 Å². The third-order valence-corrected chi connectivity index (χ3v) is 2.96. The summed E-state index contributed by atoms with van der Waals surface area (Å²) in [5.41, 5.74) is 2.47. The second kappa shape index (κ2) is 5.82. The predicted octanol–water partition coefficient (Wildman–Crippen LogP) is 4.54. The van der Waals surface area contributed by atoms with E-state index in [2.05, 4.69) is 51.4 Å². The van der Waals surface area contributed by atoms with Crippen molar-refractivity contribution in [2.45, 2.75) is 19.8 Å². The van der Waals surface area contributed by atoms with E-state index in [4.69, 9.17) is 0 Å². The van der Waals surface area contributed by atoms with Gasteiger partial charge in [0.2, 0.25) is 0 Å². The van der Waals surface area contributed by atoms with Crippen molar-refractivity contribution >= 4 is 27.4 Å². The van der Waals surface area contributed by atoms with Crippen molar-refractivity contribution < 1.29 is 0 Å². The van der Waals surface area contributed by atoms with E-state index in [9.17, 15) is 0 Å². The van der Waals surface area contributed by atoms with Gasteiger partial charge in [-0.1, -0.05) is 37.6 Å². The van der Waals surface area contributed by atoms with Crippen LogP contribution in [0.4, 0.5) is 11.5 Å². The van der Waals surface area contributed by atoms with Gasteiger partial charge in [0.05, 0.1) is 0 Å². The van der Waals surface area contributed by atoms with Crippen molar-refractivity contribution in [3.63, 3.8) is 0 Å². The molecule has 1 heterocycles. The highest BCUT2D eigenvalue weighted by Crippen LogP contribution is 2.21. The van der Waals surface area contributed by atoms with Crippen molar-refractivity contribution in [2.75, 3.05) is 5.32 Å². The van der Waals surface area contributed by atoms with Crippen LogP contribution >= 0.6 is 15.9 Å². The van der Waals surface area contributed by atoms with Crippen LogP contribution in [-0.2, 0) is 6.42 Å². The molecule has 0 aliphatic carbocycles. The molecular formula is C14H15BrN2. The highest BCUT2D eigenvalue weighted by Gasteiger charge is 2.02. The van der Waals surface area contributed by atoms with E-state index in [1.807, 2.05) is 24.3 Å². The first kappa shape index (κ1) is 12.1. The summed E-state index contributed by atoms with van der Waals surface area (Å²) in [5.74, 6) is 0.864. The molecule has 1 aromatic carbocycles. The predicted molar refractivity (Wildman–Crippen MR) is 75.7 cm³/mol. The molecule has 0 amide bonds. The minimum Gasteiger partial charge on any atom is -0.340 e. The summed E-state index contributed by atoms with van der Waals surface area (Å²) in [6.07, 6.45) is 2.22. The molecular weight excluding hydrogens is 276 g/mol. The molecule has 0 saturated heterocycles. The topological polar surface area (TPSA) is 24.9 Å². The maximum Gasteiger partial charge on any atom is 0.131 e. The Morgan fingerprint density at radius 3 is 2.71 bits per heavy atom. The largest absolute Gasteiger partial charge is 0.340 e. The molecule has 0 fully saturated rings. The molecule has 0 radical (unpaired) electrons. The number of halogens is 1. The van der Waals surface area contributed by atoms with Crippen LogP contribution in [0.15, 0.2) is 47.1 Å². The van der Waals surface area contributed by atoms with E-state index in [1.165, 1.54) is 5.56 Å². The maximum absolute atomic E-state index is 4.38. The number of aromatic nitrogens is 1. The van der Waals surface area contributed by atoms with E-state index >= 15 is 0 Å². The average molecular weight is 291 g/mol. The first-order valence-electron chi connectivity index (χ1n) is 5.77. The van der Waals surface area contributed by atoms with E-state index in [0.717, 1.165) is 29.0 Å². The standard InChI is InChI=1S/C14H15BrN2/c1-2-6-11-7-3-4-8-12(11)16-14-10-5-9-13(15)17-14/h3-5,7-10H,2,6H2,1H3,(H,16,17). The number of benzene rings is 1. The molecule has 2 aromatic rings. The van der Waals surface area contributed by atoms with Crippen molar-refractivity contribution in [3.8, 4) is 0 Å². The number of hydrogen-bond acceptors (Lipinski definition) is 2. The zero-order valence-electron chi connectivity index (χ0n) is 9.78. The lowest BCUT2D eigenvalue weighted by Gasteiger charge is -2.10. The molecule has 0 saturated carbocycles. The van der Waals surface area contributed by atoms with E-state index < -0.39 is 0 Å². The van der Waals surface area contributed by atoms with Crippen LogP contribution in [0.25, 0.3) is 0 Å². The smallest absolute Gasteiger partial charge is 0.131 e. The molecule has 0 aliphatic heterocycles. The number of rotatable bonds is 4. The Morgan fingerprint density at radius 1 is 1.12 bits per heavy atom. The van der Waals surface area contributed by atoms with Crippen LogP contribution in [-0.4, -0.2) is 4.98 Å². The van der Waals surface area contributed by atoms with Gasteiger partial charge in [0, 0.05) is 5.69 Å². The summed E-state index contributed by atoms with van der Waals surface area (Å²) >= 11 is 3.37. The first-order chi connectivity index (χ1) is 8.29. The lowest BCUT2D eigenvalue weighted by atomic mass is 10.1. The number of aryl methyl sites for hydroxylation is 1.